The van der Waals surface area contributed by atoms with Crippen molar-refractivity contribution >= 4 is 27.1 Å². The maximum absolute atomic E-state index is 13.3. The van der Waals surface area contributed by atoms with Crippen LogP contribution in [-0.4, -0.2) is 39.7 Å². The Morgan fingerprint density at radius 1 is 1.38 bits per heavy atom. The molecule has 11 heteroatoms. The molecule has 0 saturated carbocycles. The molecule has 0 saturated heterocycles. The van der Waals surface area contributed by atoms with Gasteiger partial charge in [-0.2, -0.15) is 18.4 Å². The predicted molar refractivity (Wildman–Crippen MR) is 82.5 cm³/mol. The first-order valence-corrected chi connectivity index (χ1v) is 8.45. The van der Waals surface area contributed by atoms with E-state index in [9.17, 15) is 17.9 Å². The van der Waals surface area contributed by atoms with Crippen LogP contribution >= 0.6 is 0 Å². The van der Waals surface area contributed by atoms with E-state index >= 15 is 0 Å². The van der Waals surface area contributed by atoms with Crippen LogP contribution in [-0.2, 0) is 16.7 Å². The van der Waals surface area contributed by atoms with E-state index < -0.39 is 21.9 Å². The van der Waals surface area contributed by atoms with Gasteiger partial charge < -0.3 is 19.6 Å². The molecule has 3 rings (SSSR count). The second-order valence-electron chi connectivity index (χ2n) is 4.87. The smallest absolute Gasteiger partial charge is 0.337 e. The Labute approximate surface area is 135 Å². The van der Waals surface area contributed by atoms with Crippen molar-refractivity contribution in [2.24, 2.45) is 0 Å². The van der Waals surface area contributed by atoms with Gasteiger partial charge in [0.2, 0.25) is 0 Å². The Kier molecular flexibility index (Phi) is 3.93. The zero-order valence-corrected chi connectivity index (χ0v) is 13.1. The Morgan fingerprint density at radius 3 is 2.92 bits per heavy atom. The zero-order chi connectivity index (χ0) is 17.3. The van der Waals surface area contributed by atoms with Gasteiger partial charge in [-0.1, -0.05) is 0 Å². The number of anilines is 1. The molecule has 0 fully saturated rings. The molecule has 3 N–H and O–H groups in total. The number of rotatable bonds is 5. The van der Waals surface area contributed by atoms with Crippen molar-refractivity contribution in [1.82, 2.24) is 19.9 Å². The van der Waals surface area contributed by atoms with E-state index in [0.717, 1.165) is 12.3 Å². The third-order valence-corrected chi connectivity index (χ3v) is 3.43. The zero-order valence-electron chi connectivity index (χ0n) is 12.3. The summed E-state index contributed by atoms with van der Waals surface area (Å²) >= 11 is 0. The molecule has 0 amide bonds. The SMILES string of the molecule is CS(=O)(=O)Oc1nc(NCc2cc(F)ccc2O)c2[nH]cnc2n1. The lowest BCUT2D eigenvalue weighted by Crippen LogP contribution is -2.10. The molecule has 2 aromatic heterocycles. The van der Waals surface area contributed by atoms with E-state index in [0.29, 0.717) is 11.1 Å². The Balaban J connectivity index is 1.93. The van der Waals surface area contributed by atoms with Gasteiger partial charge in [0, 0.05) is 12.1 Å². The lowest BCUT2D eigenvalue weighted by atomic mass is 10.2. The molecule has 1 aromatic carbocycles. The number of H-pyrrole nitrogens is 1. The van der Waals surface area contributed by atoms with Crippen molar-refractivity contribution in [2.45, 2.75) is 6.54 Å². The molecule has 9 nitrogen and oxygen atoms in total. The van der Waals surface area contributed by atoms with Crippen LogP contribution in [0, 0.1) is 5.82 Å². The highest BCUT2D eigenvalue weighted by atomic mass is 32.2. The highest BCUT2D eigenvalue weighted by Crippen LogP contribution is 2.23. The molecule has 0 unspecified atom stereocenters. The first-order valence-electron chi connectivity index (χ1n) is 6.64. The third-order valence-electron chi connectivity index (χ3n) is 2.98. The fourth-order valence-electron chi connectivity index (χ4n) is 1.99. The Morgan fingerprint density at radius 2 is 2.17 bits per heavy atom. The molecule has 2 heterocycles. The quantitative estimate of drug-likeness (QED) is 0.582. The van der Waals surface area contributed by atoms with E-state index in [1.807, 2.05) is 0 Å². The van der Waals surface area contributed by atoms with Crippen LogP contribution in [0.4, 0.5) is 10.2 Å². The number of hydrogen-bond acceptors (Lipinski definition) is 8. The lowest BCUT2D eigenvalue weighted by Gasteiger charge is -2.09. The first-order chi connectivity index (χ1) is 11.3. The predicted octanol–water partition coefficient (Wildman–Crippen LogP) is 1.15. The number of fused-ring (bicyclic) bond motifs is 1. The summed E-state index contributed by atoms with van der Waals surface area (Å²) in [7, 11) is -3.81. The molecular formula is C13H12FN5O4S. The Bertz CT molecular complexity index is 1000. The molecule has 0 aliphatic rings. The van der Waals surface area contributed by atoms with Crippen LogP contribution < -0.4 is 9.50 Å². The molecule has 24 heavy (non-hydrogen) atoms. The minimum Gasteiger partial charge on any atom is -0.508 e. The number of nitrogens with zero attached hydrogens (tertiary/aromatic N) is 3. The van der Waals surface area contributed by atoms with E-state index in [-0.39, 0.29) is 23.8 Å². The van der Waals surface area contributed by atoms with Crippen LogP contribution in [0.5, 0.6) is 11.8 Å². The summed E-state index contributed by atoms with van der Waals surface area (Å²) in [5.74, 6) is -0.397. The summed E-state index contributed by atoms with van der Waals surface area (Å²) in [6, 6.07) is 3.13. The van der Waals surface area contributed by atoms with Gasteiger partial charge in [0.05, 0.1) is 12.6 Å². The number of phenolic OH excluding ortho intramolecular Hbond substituents is 1. The number of hydrogen-bond donors (Lipinski definition) is 3. The summed E-state index contributed by atoms with van der Waals surface area (Å²) in [6.45, 7) is 0.0348. The van der Waals surface area contributed by atoms with Crippen LogP contribution in [0.15, 0.2) is 24.5 Å². The molecule has 0 spiro atoms. The molecule has 3 aromatic rings. The van der Waals surface area contributed by atoms with E-state index in [1.165, 1.54) is 18.5 Å². The molecular weight excluding hydrogens is 341 g/mol. The standard InChI is InChI=1S/C13H12FN5O4S/c1-24(21,22)23-13-18-11(10-12(19-13)17-6-16-10)15-5-7-4-8(14)2-3-9(7)20/h2-4,6,20H,5H2,1H3,(H2,15,16,17,18,19). The number of aromatic nitrogens is 4. The van der Waals surface area contributed by atoms with Crippen molar-refractivity contribution < 1.29 is 22.1 Å². The number of benzene rings is 1. The second-order valence-corrected chi connectivity index (χ2v) is 6.44. The monoisotopic (exact) mass is 353 g/mol. The van der Waals surface area contributed by atoms with Crippen LogP contribution in [0.25, 0.3) is 11.2 Å². The van der Waals surface area contributed by atoms with Crippen molar-refractivity contribution in [3.05, 3.63) is 35.9 Å². The largest absolute Gasteiger partial charge is 0.508 e. The molecule has 126 valence electrons. The van der Waals surface area contributed by atoms with Gasteiger partial charge >= 0.3 is 16.1 Å². The molecule has 0 radical (unpaired) electrons. The normalized spacial score (nSPS) is 11.6. The molecule has 0 bridgehead atoms. The number of aromatic hydroxyl groups is 1. The third kappa shape index (κ3) is 3.51. The van der Waals surface area contributed by atoms with Crippen molar-refractivity contribution in [1.29, 1.82) is 0 Å². The summed E-state index contributed by atoms with van der Waals surface area (Å²) < 4.78 is 40.4. The number of aromatic amines is 1. The maximum Gasteiger partial charge on any atom is 0.337 e. The van der Waals surface area contributed by atoms with Gasteiger partial charge in [0.25, 0.3) is 0 Å². The number of phenols is 1. The Hall–Kier alpha value is -2.95. The second kappa shape index (κ2) is 5.92. The summed E-state index contributed by atoms with van der Waals surface area (Å²) in [5.41, 5.74) is 0.896. The minimum atomic E-state index is -3.81. The van der Waals surface area contributed by atoms with Gasteiger partial charge in [-0.05, 0) is 18.2 Å². The molecule has 0 atom stereocenters. The topological polar surface area (TPSA) is 130 Å². The lowest BCUT2D eigenvalue weighted by molar-refractivity contribution is 0.466. The highest BCUT2D eigenvalue weighted by Gasteiger charge is 2.15. The summed E-state index contributed by atoms with van der Waals surface area (Å²) in [4.78, 5) is 14.5. The number of nitrogens with one attached hydrogen (secondary N) is 2. The maximum atomic E-state index is 13.3. The number of halogens is 1. The van der Waals surface area contributed by atoms with Crippen LogP contribution in [0.3, 0.4) is 0 Å². The van der Waals surface area contributed by atoms with E-state index in [2.05, 4.69) is 29.4 Å². The van der Waals surface area contributed by atoms with Crippen molar-refractivity contribution in [2.75, 3.05) is 11.6 Å². The van der Waals surface area contributed by atoms with Gasteiger partial charge in [0.1, 0.15) is 17.1 Å². The van der Waals surface area contributed by atoms with Gasteiger partial charge in [-0.25, -0.2) is 9.37 Å². The average molecular weight is 353 g/mol. The first kappa shape index (κ1) is 15.9. The summed E-state index contributed by atoms with van der Waals surface area (Å²) in [5, 5.41) is 12.6. The van der Waals surface area contributed by atoms with Crippen LogP contribution in [0.2, 0.25) is 0 Å². The van der Waals surface area contributed by atoms with Gasteiger partial charge in [0.15, 0.2) is 11.5 Å². The summed E-state index contributed by atoms with van der Waals surface area (Å²) in [6.07, 6.45) is 2.22. The highest BCUT2D eigenvalue weighted by molar-refractivity contribution is 7.86. The van der Waals surface area contributed by atoms with Crippen molar-refractivity contribution in [3.63, 3.8) is 0 Å². The van der Waals surface area contributed by atoms with E-state index in [1.54, 1.807) is 0 Å². The van der Waals surface area contributed by atoms with Gasteiger partial charge in [-0.15, -0.1) is 0 Å². The van der Waals surface area contributed by atoms with Crippen LogP contribution in [0.1, 0.15) is 5.56 Å². The van der Waals surface area contributed by atoms with Crippen molar-refractivity contribution in [3.8, 4) is 11.8 Å². The molecule has 0 aliphatic heterocycles. The number of imidazole rings is 1. The minimum absolute atomic E-state index is 0.0348. The fraction of sp³-hybridized carbons (Fsp3) is 0.154. The average Bonchev–Trinajstić information content (AvgIpc) is 2.94. The molecule has 0 aliphatic carbocycles. The van der Waals surface area contributed by atoms with E-state index in [4.69, 9.17) is 0 Å². The fourth-order valence-corrected chi connectivity index (χ4v) is 2.33. The van der Waals surface area contributed by atoms with Gasteiger partial charge in [-0.3, -0.25) is 0 Å².